The lowest BCUT2D eigenvalue weighted by molar-refractivity contribution is -0.139. The number of methoxy groups -OCH3 is 1. The summed E-state index contributed by atoms with van der Waals surface area (Å²) in [4.78, 5) is 11.6. The van der Waals surface area contributed by atoms with Crippen molar-refractivity contribution >= 4 is 17.7 Å². The van der Waals surface area contributed by atoms with Gasteiger partial charge in [0.25, 0.3) is 0 Å². The van der Waals surface area contributed by atoms with E-state index >= 15 is 0 Å². The van der Waals surface area contributed by atoms with Gasteiger partial charge in [-0.3, -0.25) is 4.79 Å². The topological polar surface area (TPSA) is 26.3 Å². The van der Waals surface area contributed by atoms with Crippen LogP contribution in [0, 0.1) is 5.92 Å². The Bertz CT molecular complexity index is 309. The molecule has 0 aromatic rings. The molecule has 0 saturated heterocycles. The van der Waals surface area contributed by atoms with Gasteiger partial charge in [-0.25, -0.2) is 0 Å². The smallest absolute Gasteiger partial charge is 0.318 e. The van der Waals surface area contributed by atoms with Crippen LogP contribution in [0.1, 0.15) is 47.0 Å². The molecule has 2 nitrogen and oxygen atoms in total. The van der Waals surface area contributed by atoms with Crippen LogP contribution in [0.15, 0.2) is 11.6 Å². The van der Waals surface area contributed by atoms with Gasteiger partial charge in [0.1, 0.15) is 5.25 Å². The van der Waals surface area contributed by atoms with Crippen molar-refractivity contribution < 1.29 is 9.53 Å². The van der Waals surface area contributed by atoms with Gasteiger partial charge in [0.15, 0.2) is 0 Å². The lowest BCUT2D eigenvalue weighted by Crippen LogP contribution is -2.36. The first kappa shape index (κ1) is 14.6. The van der Waals surface area contributed by atoms with Crippen LogP contribution in [0.5, 0.6) is 0 Å². The number of carbonyl (C=O) groups excluding carboxylic acids is 1. The van der Waals surface area contributed by atoms with Crippen molar-refractivity contribution in [1.82, 2.24) is 0 Å². The summed E-state index contributed by atoms with van der Waals surface area (Å²) in [6.07, 6.45) is 5.72. The molecule has 17 heavy (non-hydrogen) atoms. The second kappa shape index (κ2) is 5.94. The molecule has 2 unspecified atom stereocenters. The van der Waals surface area contributed by atoms with E-state index in [1.807, 2.05) is 6.92 Å². The van der Waals surface area contributed by atoms with E-state index in [0.717, 1.165) is 12.8 Å². The van der Waals surface area contributed by atoms with Crippen LogP contribution in [0.2, 0.25) is 0 Å². The number of ether oxygens (including phenoxy) is 1. The van der Waals surface area contributed by atoms with E-state index in [0.29, 0.717) is 5.92 Å². The molecule has 0 heterocycles. The highest BCUT2D eigenvalue weighted by molar-refractivity contribution is 8.01. The second-order valence-electron chi connectivity index (χ2n) is 5.26. The molecule has 1 aliphatic carbocycles. The molecule has 2 atom stereocenters. The van der Waals surface area contributed by atoms with E-state index in [9.17, 15) is 4.79 Å². The average Bonchev–Trinajstić information content (AvgIpc) is 2.30. The molecule has 98 valence electrons. The zero-order valence-corrected chi connectivity index (χ0v) is 12.4. The van der Waals surface area contributed by atoms with Crippen LogP contribution < -0.4 is 0 Å². The van der Waals surface area contributed by atoms with Gasteiger partial charge in [-0.1, -0.05) is 25.5 Å². The molecule has 1 aliphatic rings. The number of esters is 1. The maximum atomic E-state index is 11.6. The molecule has 3 heteroatoms. The van der Waals surface area contributed by atoms with Gasteiger partial charge in [0.2, 0.25) is 0 Å². The predicted octanol–water partition coefficient (Wildman–Crippen LogP) is 3.81. The Labute approximate surface area is 109 Å². The van der Waals surface area contributed by atoms with E-state index in [1.165, 1.54) is 19.1 Å². The minimum absolute atomic E-state index is 0.0748. The molecule has 0 aromatic heterocycles. The summed E-state index contributed by atoms with van der Waals surface area (Å²) in [7, 11) is 1.46. The van der Waals surface area contributed by atoms with E-state index < -0.39 is 0 Å². The van der Waals surface area contributed by atoms with E-state index in [1.54, 1.807) is 11.8 Å². The van der Waals surface area contributed by atoms with E-state index in [4.69, 9.17) is 4.74 Å². The fourth-order valence-corrected chi connectivity index (χ4v) is 3.86. The highest BCUT2D eigenvalue weighted by Crippen LogP contribution is 2.46. The van der Waals surface area contributed by atoms with Crippen molar-refractivity contribution in [3.8, 4) is 0 Å². The molecular formula is C14H24O2S. The summed E-state index contributed by atoms with van der Waals surface area (Å²) in [6, 6.07) is 0. The number of rotatable bonds is 4. The first-order valence-corrected chi connectivity index (χ1v) is 7.20. The number of allylic oxidation sites excluding steroid dienone is 2. The van der Waals surface area contributed by atoms with Crippen LogP contribution in [-0.2, 0) is 9.53 Å². The van der Waals surface area contributed by atoms with Crippen LogP contribution in [-0.4, -0.2) is 23.1 Å². The standard InChI is InChI=1S/C14H24O2S/c1-10(2)14(8-6-11(3)7-9-14)17-12(4)13(15)16-5/h6,10,12H,7-9H2,1-5H3. The molecule has 0 amide bonds. The van der Waals surface area contributed by atoms with E-state index in [2.05, 4.69) is 26.8 Å². The lowest BCUT2D eigenvalue weighted by atomic mass is 9.81. The van der Waals surface area contributed by atoms with Crippen molar-refractivity contribution in [2.24, 2.45) is 5.92 Å². The Balaban J connectivity index is 2.77. The minimum atomic E-state index is -0.110. The predicted molar refractivity (Wildman–Crippen MR) is 74.2 cm³/mol. The number of hydrogen-bond donors (Lipinski definition) is 0. The van der Waals surface area contributed by atoms with Crippen molar-refractivity contribution in [3.63, 3.8) is 0 Å². The Hall–Kier alpha value is -0.440. The van der Waals surface area contributed by atoms with Crippen molar-refractivity contribution in [3.05, 3.63) is 11.6 Å². The zero-order valence-electron chi connectivity index (χ0n) is 11.6. The van der Waals surface area contributed by atoms with Crippen LogP contribution in [0.25, 0.3) is 0 Å². The van der Waals surface area contributed by atoms with E-state index in [-0.39, 0.29) is 16.0 Å². The Morgan fingerprint density at radius 1 is 1.47 bits per heavy atom. The molecule has 0 fully saturated rings. The third-order valence-corrected chi connectivity index (χ3v) is 5.59. The molecule has 0 aromatic carbocycles. The summed E-state index contributed by atoms with van der Waals surface area (Å²) >= 11 is 1.79. The molecule has 0 aliphatic heterocycles. The van der Waals surface area contributed by atoms with Gasteiger partial charge < -0.3 is 4.74 Å². The Morgan fingerprint density at radius 2 is 2.12 bits per heavy atom. The monoisotopic (exact) mass is 256 g/mol. The molecule has 1 rings (SSSR count). The first-order chi connectivity index (χ1) is 7.91. The lowest BCUT2D eigenvalue weighted by Gasteiger charge is -2.40. The fourth-order valence-electron chi connectivity index (χ4n) is 2.29. The quantitative estimate of drug-likeness (QED) is 0.565. The van der Waals surface area contributed by atoms with Gasteiger partial charge >= 0.3 is 5.97 Å². The minimum Gasteiger partial charge on any atom is -0.468 e. The Morgan fingerprint density at radius 3 is 2.53 bits per heavy atom. The fraction of sp³-hybridized carbons (Fsp3) is 0.786. The summed E-state index contributed by atoms with van der Waals surface area (Å²) in [5.74, 6) is 0.463. The Kier molecular flexibility index (Phi) is 5.11. The summed E-state index contributed by atoms with van der Waals surface area (Å²) in [5, 5.41) is -0.0748. The largest absolute Gasteiger partial charge is 0.468 e. The average molecular weight is 256 g/mol. The maximum absolute atomic E-state index is 11.6. The third-order valence-electron chi connectivity index (χ3n) is 3.74. The highest BCUT2D eigenvalue weighted by Gasteiger charge is 2.38. The zero-order chi connectivity index (χ0) is 13.1. The van der Waals surface area contributed by atoms with Crippen molar-refractivity contribution in [1.29, 1.82) is 0 Å². The van der Waals surface area contributed by atoms with Gasteiger partial charge in [0, 0.05) is 4.75 Å². The van der Waals surface area contributed by atoms with Gasteiger partial charge in [-0.2, -0.15) is 0 Å². The molecule has 0 saturated carbocycles. The number of thioether (sulfide) groups is 1. The summed E-state index contributed by atoms with van der Waals surface area (Å²) in [5.41, 5.74) is 1.48. The molecule has 0 spiro atoms. The highest BCUT2D eigenvalue weighted by atomic mass is 32.2. The van der Waals surface area contributed by atoms with Crippen molar-refractivity contribution in [2.75, 3.05) is 7.11 Å². The van der Waals surface area contributed by atoms with Gasteiger partial charge in [0.05, 0.1) is 7.11 Å². The van der Waals surface area contributed by atoms with Gasteiger partial charge in [-0.05, 0) is 39.0 Å². The van der Waals surface area contributed by atoms with Crippen molar-refractivity contribution in [2.45, 2.75) is 57.0 Å². The third kappa shape index (κ3) is 3.51. The second-order valence-corrected chi connectivity index (χ2v) is 7.01. The SMILES string of the molecule is COC(=O)C(C)SC1(C(C)C)CC=C(C)CC1. The summed E-state index contributed by atoms with van der Waals surface area (Å²) < 4.78 is 5.03. The molecule has 0 bridgehead atoms. The normalized spacial score (nSPS) is 26.6. The van der Waals surface area contributed by atoms with Crippen LogP contribution in [0.4, 0.5) is 0 Å². The molecule has 0 radical (unpaired) electrons. The number of hydrogen-bond acceptors (Lipinski definition) is 3. The first-order valence-electron chi connectivity index (χ1n) is 6.32. The molecular weight excluding hydrogens is 232 g/mol. The maximum Gasteiger partial charge on any atom is 0.318 e. The van der Waals surface area contributed by atoms with Crippen LogP contribution >= 0.6 is 11.8 Å². The number of carbonyl (C=O) groups is 1. The van der Waals surface area contributed by atoms with Gasteiger partial charge in [-0.15, -0.1) is 11.8 Å². The summed E-state index contributed by atoms with van der Waals surface area (Å²) in [6.45, 7) is 8.65. The van der Waals surface area contributed by atoms with Crippen LogP contribution in [0.3, 0.4) is 0 Å². The molecule has 0 N–H and O–H groups in total.